The first-order valence-corrected chi connectivity index (χ1v) is 7.83. The van der Waals surface area contributed by atoms with Gasteiger partial charge in [-0.25, -0.2) is 0 Å². The van der Waals surface area contributed by atoms with Crippen LogP contribution < -0.4 is 5.32 Å². The fourth-order valence-corrected chi connectivity index (χ4v) is 2.72. The third-order valence-electron chi connectivity index (χ3n) is 3.76. The van der Waals surface area contributed by atoms with Crippen molar-refractivity contribution in [2.24, 2.45) is 5.92 Å². The molecule has 4 heteroatoms. The molecule has 0 heterocycles. The van der Waals surface area contributed by atoms with Crippen molar-refractivity contribution < 1.29 is 4.74 Å². The highest BCUT2D eigenvalue weighted by Gasteiger charge is 2.33. The molecule has 1 aromatic carbocycles. The van der Waals surface area contributed by atoms with Crippen molar-refractivity contribution in [2.45, 2.75) is 32.7 Å². The zero-order chi connectivity index (χ0) is 14.4. The van der Waals surface area contributed by atoms with Gasteiger partial charge < -0.3 is 15.0 Å². The Bertz CT molecular complexity index is 420. The second kappa shape index (κ2) is 7.60. The van der Waals surface area contributed by atoms with Crippen molar-refractivity contribution in [1.29, 1.82) is 0 Å². The Hall–Kier alpha value is -1.13. The van der Waals surface area contributed by atoms with Crippen molar-refractivity contribution in [3.63, 3.8) is 0 Å². The minimum Gasteiger partial charge on any atom is -0.380 e. The largest absolute Gasteiger partial charge is 0.380 e. The van der Waals surface area contributed by atoms with Crippen LogP contribution in [0.1, 0.15) is 26.7 Å². The molecule has 110 valence electrons. The van der Waals surface area contributed by atoms with Crippen LogP contribution >= 0.6 is 12.2 Å². The summed E-state index contributed by atoms with van der Waals surface area (Å²) in [6.07, 6.45) is 2.64. The van der Waals surface area contributed by atoms with Crippen molar-refractivity contribution in [3.05, 3.63) is 30.3 Å². The summed E-state index contributed by atoms with van der Waals surface area (Å²) in [5, 5.41) is 4.14. The zero-order valence-corrected chi connectivity index (χ0v) is 13.2. The molecule has 1 atom stereocenters. The van der Waals surface area contributed by atoms with Gasteiger partial charge in [-0.2, -0.15) is 0 Å². The maximum atomic E-state index is 5.59. The first-order valence-electron chi connectivity index (χ1n) is 7.42. The fourth-order valence-electron chi connectivity index (χ4n) is 2.35. The predicted octanol–water partition coefficient (Wildman–Crippen LogP) is 3.52. The van der Waals surface area contributed by atoms with Gasteiger partial charge in [-0.3, -0.25) is 0 Å². The maximum Gasteiger partial charge on any atom is 0.173 e. The summed E-state index contributed by atoms with van der Waals surface area (Å²) >= 11 is 5.59. The van der Waals surface area contributed by atoms with Crippen LogP contribution in [-0.2, 0) is 4.74 Å². The SMILES string of the molecule is CCOCCN(C(=S)Nc1ccccc1)C(C)C1CC1. The highest BCUT2D eigenvalue weighted by Crippen LogP contribution is 2.35. The van der Waals surface area contributed by atoms with Crippen LogP contribution in [0.3, 0.4) is 0 Å². The van der Waals surface area contributed by atoms with Gasteiger partial charge in [-0.15, -0.1) is 0 Å². The number of hydrogen-bond donors (Lipinski definition) is 1. The van der Waals surface area contributed by atoms with E-state index < -0.39 is 0 Å². The lowest BCUT2D eigenvalue weighted by atomic mass is 10.2. The van der Waals surface area contributed by atoms with E-state index in [0.29, 0.717) is 6.04 Å². The highest BCUT2D eigenvalue weighted by atomic mass is 32.1. The smallest absolute Gasteiger partial charge is 0.173 e. The Morgan fingerprint density at radius 3 is 2.70 bits per heavy atom. The Morgan fingerprint density at radius 1 is 1.40 bits per heavy atom. The number of rotatable bonds is 7. The minimum absolute atomic E-state index is 0.485. The summed E-state index contributed by atoms with van der Waals surface area (Å²) in [4.78, 5) is 2.27. The highest BCUT2D eigenvalue weighted by molar-refractivity contribution is 7.80. The van der Waals surface area contributed by atoms with E-state index in [0.717, 1.165) is 36.5 Å². The Labute approximate surface area is 127 Å². The van der Waals surface area contributed by atoms with E-state index in [1.54, 1.807) is 0 Å². The van der Waals surface area contributed by atoms with Gasteiger partial charge in [-0.05, 0) is 57.0 Å². The van der Waals surface area contributed by atoms with Crippen molar-refractivity contribution in [1.82, 2.24) is 4.90 Å². The van der Waals surface area contributed by atoms with Gasteiger partial charge in [0.25, 0.3) is 0 Å². The van der Waals surface area contributed by atoms with Crippen LogP contribution in [0.4, 0.5) is 5.69 Å². The summed E-state index contributed by atoms with van der Waals surface area (Å²) in [6, 6.07) is 10.6. The van der Waals surface area contributed by atoms with Crippen LogP contribution in [-0.4, -0.2) is 35.8 Å². The van der Waals surface area contributed by atoms with E-state index in [9.17, 15) is 0 Å². The minimum atomic E-state index is 0.485. The number of anilines is 1. The van der Waals surface area contributed by atoms with E-state index in [2.05, 4.69) is 17.1 Å². The molecular formula is C16H24N2OS. The average Bonchev–Trinajstić information content (AvgIpc) is 3.28. The van der Waals surface area contributed by atoms with Gasteiger partial charge >= 0.3 is 0 Å². The molecular weight excluding hydrogens is 268 g/mol. The monoisotopic (exact) mass is 292 g/mol. The molecule has 20 heavy (non-hydrogen) atoms. The normalized spacial score (nSPS) is 15.7. The molecule has 1 aliphatic carbocycles. The number of hydrogen-bond acceptors (Lipinski definition) is 2. The lowest BCUT2D eigenvalue weighted by Crippen LogP contribution is -2.44. The number of nitrogens with zero attached hydrogens (tertiary/aromatic N) is 1. The Morgan fingerprint density at radius 2 is 2.10 bits per heavy atom. The third kappa shape index (κ3) is 4.46. The average molecular weight is 292 g/mol. The first-order chi connectivity index (χ1) is 9.72. The molecule has 0 bridgehead atoms. The van der Waals surface area contributed by atoms with Gasteiger partial charge in [0.05, 0.1) is 6.61 Å². The predicted molar refractivity (Wildman–Crippen MR) is 88.0 cm³/mol. The molecule has 1 aliphatic rings. The Balaban J connectivity index is 1.95. The van der Waals surface area contributed by atoms with E-state index in [1.165, 1.54) is 12.8 Å². The van der Waals surface area contributed by atoms with Crippen molar-refractivity contribution in [3.8, 4) is 0 Å². The summed E-state index contributed by atoms with van der Waals surface area (Å²) in [5.41, 5.74) is 1.04. The van der Waals surface area contributed by atoms with Gasteiger partial charge in [-0.1, -0.05) is 18.2 Å². The van der Waals surface area contributed by atoms with Crippen LogP contribution in [0, 0.1) is 5.92 Å². The quantitative estimate of drug-likeness (QED) is 0.614. The van der Waals surface area contributed by atoms with Crippen molar-refractivity contribution >= 4 is 23.0 Å². The van der Waals surface area contributed by atoms with Crippen LogP contribution in [0.5, 0.6) is 0 Å². The number of nitrogens with one attached hydrogen (secondary N) is 1. The number of para-hydroxylation sites is 1. The zero-order valence-electron chi connectivity index (χ0n) is 12.3. The second-order valence-electron chi connectivity index (χ2n) is 5.26. The molecule has 0 aliphatic heterocycles. The van der Waals surface area contributed by atoms with Gasteiger partial charge in [0.1, 0.15) is 0 Å². The summed E-state index contributed by atoms with van der Waals surface area (Å²) in [7, 11) is 0. The van der Waals surface area contributed by atoms with Gasteiger partial charge in [0, 0.05) is 24.9 Å². The first kappa shape index (κ1) is 15.3. The summed E-state index contributed by atoms with van der Waals surface area (Å²) in [6.45, 7) is 6.62. The fraction of sp³-hybridized carbons (Fsp3) is 0.562. The standard InChI is InChI=1S/C16H24N2OS/c1-3-19-12-11-18(13(2)14-9-10-14)16(20)17-15-7-5-4-6-8-15/h4-8,13-14H,3,9-12H2,1-2H3,(H,17,20). The molecule has 1 saturated carbocycles. The van der Waals surface area contributed by atoms with E-state index in [-0.39, 0.29) is 0 Å². The van der Waals surface area contributed by atoms with Gasteiger partial charge in [0.15, 0.2) is 5.11 Å². The lowest BCUT2D eigenvalue weighted by molar-refractivity contribution is 0.122. The third-order valence-corrected chi connectivity index (χ3v) is 4.10. The summed E-state index contributed by atoms with van der Waals surface area (Å²) < 4.78 is 5.49. The molecule has 1 aromatic rings. The lowest BCUT2D eigenvalue weighted by Gasteiger charge is -2.32. The number of thiocarbonyl (C=S) groups is 1. The molecule has 1 N–H and O–H groups in total. The molecule has 0 spiro atoms. The van der Waals surface area contributed by atoms with Crippen LogP contribution in [0.15, 0.2) is 30.3 Å². The molecule has 2 rings (SSSR count). The number of benzene rings is 1. The Kier molecular flexibility index (Phi) is 5.80. The van der Waals surface area contributed by atoms with Crippen LogP contribution in [0.2, 0.25) is 0 Å². The van der Waals surface area contributed by atoms with E-state index >= 15 is 0 Å². The topological polar surface area (TPSA) is 24.5 Å². The molecule has 0 saturated heterocycles. The molecule has 0 radical (unpaired) electrons. The van der Waals surface area contributed by atoms with E-state index in [4.69, 9.17) is 17.0 Å². The molecule has 0 aromatic heterocycles. The van der Waals surface area contributed by atoms with E-state index in [1.807, 2.05) is 37.3 Å². The molecule has 1 fully saturated rings. The van der Waals surface area contributed by atoms with Crippen molar-refractivity contribution in [2.75, 3.05) is 25.1 Å². The summed E-state index contributed by atoms with van der Waals surface area (Å²) in [5.74, 6) is 0.784. The molecule has 1 unspecified atom stereocenters. The maximum absolute atomic E-state index is 5.59. The molecule has 3 nitrogen and oxygen atoms in total. The molecule has 0 amide bonds. The van der Waals surface area contributed by atoms with Crippen LogP contribution in [0.25, 0.3) is 0 Å². The van der Waals surface area contributed by atoms with Gasteiger partial charge in [0.2, 0.25) is 0 Å². The second-order valence-corrected chi connectivity index (χ2v) is 5.65. The number of ether oxygens (including phenoxy) is 1.